The third kappa shape index (κ3) is 3.74. The molecule has 4 nitrogen and oxygen atoms in total. The zero-order valence-corrected chi connectivity index (χ0v) is 16.7. The molecule has 1 aliphatic rings. The molecule has 0 amide bonds. The monoisotopic (exact) mass is 408 g/mol. The molecule has 2 aromatic carbocycles. The first-order valence-corrected chi connectivity index (χ1v) is 9.03. The predicted octanol–water partition coefficient (Wildman–Crippen LogP) is 4.78. The first-order valence-electron chi connectivity index (χ1n) is 8.27. The number of piperazine rings is 1. The van der Waals surface area contributed by atoms with Crippen LogP contribution in [0.15, 0.2) is 42.5 Å². The van der Waals surface area contributed by atoms with Gasteiger partial charge in [-0.3, -0.25) is 0 Å². The highest BCUT2D eigenvalue weighted by molar-refractivity contribution is 6.34. The standard InChI is InChI=1S/C19H18Cl2N4.ClH/c1-24-8-10-25(11-9-24)19-22-17-7-6-13(20)12-15(17)18(23-19)14-4-2-3-5-16(14)21;/h2-7,12H,8-11H2,1H3;1H. The molecule has 0 spiro atoms. The molecule has 136 valence electrons. The third-order valence-corrected chi connectivity index (χ3v) is 5.13. The van der Waals surface area contributed by atoms with Crippen LogP contribution < -0.4 is 4.90 Å². The molecule has 7 heteroatoms. The fourth-order valence-corrected chi connectivity index (χ4v) is 3.49. The van der Waals surface area contributed by atoms with E-state index in [2.05, 4.69) is 16.8 Å². The Morgan fingerprint density at radius 3 is 2.38 bits per heavy atom. The number of halogens is 3. The Kier molecular flexibility index (Phi) is 5.88. The fraction of sp³-hybridized carbons (Fsp3) is 0.263. The average molecular weight is 410 g/mol. The minimum atomic E-state index is 0. The van der Waals surface area contributed by atoms with Gasteiger partial charge in [-0.05, 0) is 31.3 Å². The number of anilines is 1. The van der Waals surface area contributed by atoms with Gasteiger partial charge in [0, 0.05) is 47.2 Å². The Bertz CT molecular complexity index is 924. The lowest BCUT2D eigenvalue weighted by Crippen LogP contribution is -2.45. The Hall–Kier alpha value is -1.59. The maximum Gasteiger partial charge on any atom is 0.226 e. The normalized spacial score (nSPS) is 15.1. The summed E-state index contributed by atoms with van der Waals surface area (Å²) in [5, 5.41) is 2.25. The SMILES string of the molecule is CN1CCN(c2nc(-c3ccccc3Cl)c3cc(Cl)ccc3n2)CC1.Cl. The Morgan fingerprint density at radius 1 is 0.923 bits per heavy atom. The first-order chi connectivity index (χ1) is 12.1. The molecule has 1 fully saturated rings. The summed E-state index contributed by atoms with van der Waals surface area (Å²) in [4.78, 5) is 14.2. The van der Waals surface area contributed by atoms with Gasteiger partial charge < -0.3 is 9.80 Å². The summed E-state index contributed by atoms with van der Waals surface area (Å²) in [6.07, 6.45) is 0. The quantitative estimate of drug-likeness (QED) is 0.610. The Labute approximate surface area is 169 Å². The summed E-state index contributed by atoms with van der Waals surface area (Å²) in [5.74, 6) is 0.748. The van der Waals surface area contributed by atoms with Crippen LogP contribution in [-0.4, -0.2) is 48.1 Å². The van der Waals surface area contributed by atoms with Crippen molar-refractivity contribution in [2.75, 3.05) is 38.1 Å². The second kappa shape index (κ2) is 7.97. The van der Waals surface area contributed by atoms with Crippen molar-refractivity contribution in [3.8, 4) is 11.3 Å². The summed E-state index contributed by atoms with van der Waals surface area (Å²) >= 11 is 12.7. The Morgan fingerprint density at radius 2 is 1.65 bits per heavy atom. The molecule has 0 aliphatic carbocycles. The van der Waals surface area contributed by atoms with E-state index >= 15 is 0 Å². The van der Waals surface area contributed by atoms with Gasteiger partial charge in [0.15, 0.2) is 0 Å². The molecule has 0 radical (unpaired) electrons. The van der Waals surface area contributed by atoms with E-state index < -0.39 is 0 Å². The van der Waals surface area contributed by atoms with Gasteiger partial charge in [0.05, 0.1) is 11.2 Å². The number of rotatable bonds is 2. The maximum absolute atomic E-state index is 6.44. The number of hydrogen-bond acceptors (Lipinski definition) is 4. The van der Waals surface area contributed by atoms with Crippen LogP contribution in [0.1, 0.15) is 0 Å². The molecule has 0 atom stereocenters. The molecule has 4 rings (SSSR count). The molecular formula is C19H19Cl3N4. The van der Waals surface area contributed by atoms with Gasteiger partial charge in [0.25, 0.3) is 0 Å². The van der Waals surface area contributed by atoms with Gasteiger partial charge in [-0.25, -0.2) is 9.97 Å². The van der Waals surface area contributed by atoms with E-state index in [1.54, 1.807) is 0 Å². The molecule has 1 aliphatic heterocycles. The van der Waals surface area contributed by atoms with Gasteiger partial charge in [0.2, 0.25) is 5.95 Å². The lowest BCUT2D eigenvalue weighted by Gasteiger charge is -2.32. The smallest absolute Gasteiger partial charge is 0.226 e. The van der Waals surface area contributed by atoms with Gasteiger partial charge in [-0.2, -0.15) is 0 Å². The highest BCUT2D eigenvalue weighted by Crippen LogP contribution is 2.34. The van der Waals surface area contributed by atoms with Gasteiger partial charge in [0.1, 0.15) is 0 Å². The summed E-state index contributed by atoms with van der Waals surface area (Å²) in [6.45, 7) is 3.84. The van der Waals surface area contributed by atoms with Crippen LogP contribution >= 0.6 is 35.6 Å². The van der Waals surface area contributed by atoms with Crippen LogP contribution in [0.5, 0.6) is 0 Å². The van der Waals surface area contributed by atoms with Crippen molar-refractivity contribution in [2.24, 2.45) is 0 Å². The second-order valence-electron chi connectivity index (χ2n) is 6.30. The lowest BCUT2D eigenvalue weighted by molar-refractivity contribution is 0.311. The van der Waals surface area contributed by atoms with Crippen molar-refractivity contribution in [1.29, 1.82) is 0 Å². The summed E-state index contributed by atoms with van der Waals surface area (Å²) in [5.41, 5.74) is 2.60. The molecule has 0 bridgehead atoms. The highest BCUT2D eigenvalue weighted by atomic mass is 35.5. The van der Waals surface area contributed by atoms with Crippen molar-refractivity contribution < 1.29 is 0 Å². The Balaban J connectivity index is 0.00000196. The molecule has 0 unspecified atom stereocenters. The van der Waals surface area contributed by atoms with Crippen molar-refractivity contribution in [1.82, 2.24) is 14.9 Å². The van der Waals surface area contributed by atoms with Crippen molar-refractivity contribution in [3.63, 3.8) is 0 Å². The number of likely N-dealkylation sites (N-methyl/N-ethyl adjacent to an activating group) is 1. The van der Waals surface area contributed by atoms with E-state index in [1.807, 2.05) is 42.5 Å². The van der Waals surface area contributed by atoms with E-state index in [-0.39, 0.29) is 12.4 Å². The highest BCUT2D eigenvalue weighted by Gasteiger charge is 2.19. The topological polar surface area (TPSA) is 32.3 Å². The molecular weight excluding hydrogens is 391 g/mol. The second-order valence-corrected chi connectivity index (χ2v) is 7.15. The number of nitrogens with zero attached hydrogens (tertiary/aromatic N) is 4. The van der Waals surface area contributed by atoms with Crippen LogP contribution in [0.3, 0.4) is 0 Å². The molecule has 2 heterocycles. The average Bonchev–Trinajstić information content (AvgIpc) is 2.62. The van der Waals surface area contributed by atoms with Crippen LogP contribution in [-0.2, 0) is 0 Å². The summed E-state index contributed by atoms with van der Waals surface area (Å²) in [7, 11) is 2.13. The van der Waals surface area contributed by atoms with E-state index in [9.17, 15) is 0 Å². The van der Waals surface area contributed by atoms with E-state index in [1.165, 1.54) is 0 Å². The zero-order valence-electron chi connectivity index (χ0n) is 14.3. The van der Waals surface area contributed by atoms with Crippen LogP contribution in [0.25, 0.3) is 22.2 Å². The van der Waals surface area contributed by atoms with Gasteiger partial charge in [-0.15, -0.1) is 12.4 Å². The lowest BCUT2D eigenvalue weighted by atomic mass is 10.1. The molecule has 1 aromatic heterocycles. The predicted molar refractivity (Wildman–Crippen MR) is 112 cm³/mol. The minimum Gasteiger partial charge on any atom is -0.338 e. The van der Waals surface area contributed by atoms with Crippen molar-refractivity contribution >= 4 is 52.5 Å². The van der Waals surface area contributed by atoms with Gasteiger partial charge >= 0.3 is 0 Å². The molecule has 26 heavy (non-hydrogen) atoms. The molecule has 0 N–H and O–H groups in total. The number of fused-ring (bicyclic) bond motifs is 1. The largest absolute Gasteiger partial charge is 0.338 e. The minimum absolute atomic E-state index is 0. The number of hydrogen-bond donors (Lipinski definition) is 0. The maximum atomic E-state index is 6.44. The van der Waals surface area contributed by atoms with Crippen LogP contribution in [0, 0.1) is 0 Å². The summed E-state index contributed by atoms with van der Waals surface area (Å²) in [6, 6.07) is 13.5. The molecule has 0 saturated carbocycles. The molecule has 3 aromatic rings. The summed E-state index contributed by atoms with van der Waals surface area (Å²) < 4.78 is 0. The van der Waals surface area contributed by atoms with E-state index in [4.69, 9.17) is 33.2 Å². The van der Waals surface area contributed by atoms with Crippen molar-refractivity contribution in [2.45, 2.75) is 0 Å². The van der Waals surface area contributed by atoms with Crippen molar-refractivity contribution in [3.05, 3.63) is 52.5 Å². The molecule has 1 saturated heterocycles. The first kappa shape index (κ1) is 19.2. The van der Waals surface area contributed by atoms with E-state index in [0.29, 0.717) is 10.0 Å². The van der Waals surface area contributed by atoms with E-state index in [0.717, 1.165) is 54.3 Å². The van der Waals surface area contributed by atoms with Gasteiger partial charge in [-0.1, -0.05) is 41.4 Å². The number of benzene rings is 2. The number of aromatic nitrogens is 2. The van der Waals surface area contributed by atoms with Crippen LogP contribution in [0.4, 0.5) is 5.95 Å². The zero-order chi connectivity index (χ0) is 17.4. The van der Waals surface area contributed by atoms with Crippen LogP contribution in [0.2, 0.25) is 10.0 Å². The third-order valence-electron chi connectivity index (χ3n) is 4.56. The fourth-order valence-electron chi connectivity index (χ4n) is 3.09.